The van der Waals surface area contributed by atoms with Crippen LogP contribution in [0.1, 0.15) is 43.7 Å². The van der Waals surface area contributed by atoms with Crippen molar-refractivity contribution in [1.29, 1.82) is 5.26 Å². The van der Waals surface area contributed by atoms with E-state index in [-0.39, 0.29) is 28.7 Å². The summed E-state index contributed by atoms with van der Waals surface area (Å²) in [6, 6.07) is 13.4. The number of thioether (sulfide) groups is 1. The molecule has 12 heteroatoms. The highest BCUT2D eigenvalue weighted by molar-refractivity contribution is 8.01. The van der Waals surface area contributed by atoms with E-state index in [1.165, 1.54) is 29.3 Å². The topological polar surface area (TPSA) is 138 Å². The van der Waals surface area contributed by atoms with E-state index in [0.717, 1.165) is 16.8 Å². The monoisotopic (exact) mass is 591 g/mol. The van der Waals surface area contributed by atoms with Gasteiger partial charge in [0.2, 0.25) is 11.0 Å². The van der Waals surface area contributed by atoms with E-state index < -0.39 is 5.92 Å². The van der Waals surface area contributed by atoms with Gasteiger partial charge in [-0.25, -0.2) is 4.98 Å². The maximum absolute atomic E-state index is 13.6. The highest BCUT2D eigenvalue weighted by Gasteiger charge is 2.45. The summed E-state index contributed by atoms with van der Waals surface area (Å²) >= 11 is 8.31. The smallest absolute Gasteiger partial charge is 0.235 e. The minimum absolute atomic E-state index is 0.00586. The van der Waals surface area contributed by atoms with Crippen molar-refractivity contribution in [2.75, 3.05) is 16.0 Å². The van der Waals surface area contributed by atoms with Crippen molar-refractivity contribution in [2.24, 2.45) is 11.1 Å². The molecule has 1 atom stereocenters. The van der Waals surface area contributed by atoms with Crippen LogP contribution in [0.15, 0.2) is 69.6 Å². The zero-order valence-corrected chi connectivity index (χ0v) is 24.5. The van der Waals surface area contributed by atoms with Crippen molar-refractivity contribution >= 4 is 57.3 Å². The number of carbonyl (C=O) groups excluding carboxylic acids is 2. The standard InChI is InChI=1S/C28H26ClN7O2S2/c1-15-4-6-16(7-5-15)23-18(12-30)25(31)36(19-10-28(2,3)11-20(37)24(19)23)26-34-35-27(40-26)39-14-22(38)33-21-9-8-17(29)13-32-21/h4-9,13,23H,10-11,14,31H2,1-3H3,(H,32,33,38). The fraction of sp³-hybridized carbons (Fsp3) is 0.286. The van der Waals surface area contributed by atoms with Crippen molar-refractivity contribution in [3.05, 3.63) is 81.4 Å². The maximum atomic E-state index is 13.6. The second-order valence-corrected chi connectivity index (χ2v) is 13.1. The largest absolute Gasteiger partial charge is 0.384 e. The van der Waals surface area contributed by atoms with Gasteiger partial charge in [-0.15, -0.1) is 10.2 Å². The van der Waals surface area contributed by atoms with Gasteiger partial charge in [-0.1, -0.05) is 78.4 Å². The Morgan fingerprint density at radius 2 is 2.00 bits per heavy atom. The molecule has 3 aromatic rings. The van der Waals surface area contributed by atoms with Gasteiger partial charge in [0, 0.05) is 23.9 Å². The lowest BCUT2D eigenvalue weighted by molar-refractivity contribution is -0.118. The summed E-state index contributed by atoms with van der Waals surface area (Å²) in [5.74, 6) is -0.0952. The van der Waals surface area contributed by atoms with Gasteiger partial charge in [-0.05, 0) is 36.5 Å². The number of nitrogens with two attached hydrogens (primary N) is 1. The van der Waals surface area contributed by atoms with Crippen LogP contribution in [0, 0.1) is 23.7 Å². The first kappa shape index (κ1) is 27.8. The maximum Gasteiger partial charge on any atom is 0.235 e. The summed E-state index contributed by atoms with van der Waals surface area (Å²) in [6.07, 6.45) is 2.40. The first-order chi connectivity index (χ1) is 19.1. The van der Waals surface area contributed by atoms with Gasteiger partial charge < -0.3 is 11.1 Å². The highest BCUT2D eigenvalue weighted by atomic mass is 35.5. The predicted octanol–water partition coefficient (Wildman–Crippen LogP) is 5.57. The molecular weight excluding hydrogens is 566 g/mol. The minimum atomic E-state index is -0.549. The molecule has 0 fully saturated rings. The van der Waals surface area contributed by atoms with Crippen LogP contribution in [-0.2, 0) is 9.59 Å². The number of anilines is 2. The Balaban J connectivity index is 1.46. The number of ketones is 1. The van der Waals surface area contributed by atoms with E-state index in [9.17, 15) is 14.9 Å². The fourth-order valence-corrected chi connectivity index (χ4v) is 6.72. The number of allylic oxidation sites excluding steroid dienone is 3. The van der Waals surface area contributed by atoms with Crippen LogP contribution in [0.4, 0.5) is 10.9 Å². The second-order valence-electron chi connectivity index (χ2n) is 10.4. The molecule has 3 heterocycles. The average Bonchev–Trinajstić information content (AvgIpc) is 3.36. The Morgan fingerprint density at radius 1 is 1.25 bits per heavy atom. The van der Waals surface area contributed by atoms with E-state index in [1.807, 2.05) is 45.0 Å². The van der Waals surface area contributed by atoms with Crippen molar-refractivity contribution in [3.63, 3.8) is 0 Å². The van der Waals surface area contributed by atoms with Crippen LogP contribution in [0.3, 0.4) is 0 Å². The SMILES string of the molecule is Cc1ccc(C2C(C#N)=C(N)N(c3nnc(SCC(=O)Nc4ccc(Cl)cn4)s3)C3=C2C(=O)CC(C)(C)C3)cc1. The Bertz CT molecular complexity index is 1590. The summed E-state index contributed by atoms with van der Waals surface area (Å²) < 4.78 is 0.546. The Morgan fingerprint density at radius 3 is 2.67 bits per heavy atom. The number of carbonyl (C=O) groups is 2. The molecule has 1 unspecified atom stereocenters. The van der Waals surface area contributed by atoms with Crippen LogP contribution in [-0.4, -0.2) is 32.6 Å². The number of aryl methyl sites for hydroxylation is 1. The van der Waals surface area contributed by atoms with Crippen LogP contribution >= 0.6 is 34.7 Å². The van der Waals surface area contributed by atoms with Crippen molar-refractivity contribution < 1.29 is 9.59 Å². The molecule has 0 radical (unpaired) electrons. The van der Waals surface area contributed by atoms with E-state index in [2.05, 4.69) is 26.6 Å². The van der Waals surface area contributed by atoms with Crippen LogP contribution in [0.2, 0.25) is 5.02 Å². The highest BCUT2D eigenvalue weighted by Crippen LogP contribution is 2.50. The first-order valence-corrected chi connectivity index (χ1v) is 14.6. The van der Waals surface area contributed by atoms with Crippen molar-refractivity contribution in [2.45, 2.75) is 43.9 Å². The lowest BCUT2D eigenvalue weighted by Crippen LogP contribution is -2.42. The molecular formula is C28H26ClN7O2S2. The summed E-state index contributed by atoms with van der Waals surface area (Å²) in [5, 5.41) is 22.5. The number of halogens is 1. The number of Topliss-reactive ketones (excluding diaryl/α,β-unsaturated/α-hetero) is 1. The number of amides is 1. The number of nitriles is 1. The molecule has 9 nitrogen and oxygen atoms in total. The molecule has 1 amide bonds. The molecule has 1 aliphatic heterocycles. The van der Waals surface area contributed by atoms with Crippen LogP contribution in [0.25, 0.3) is 0 Å². The van der Waals surface area contributed by atoms with Gasteiger partial charge in [0.15, 0.2) is 10.1 Å². The molecule has 2 aromatic heterocycles. The number of nitrogens with zero attached hydrogens (tertiary/aromatic N) is 5. The molecule has 3 N–H and O–H groups in total. The van der Waals surface area contributed by atoms with Crippen molar-refractivity contribution in [1.82, 2.24) is 15.2 Å². The number of benzene rings is 1. The van der Waals surface area contributed by atoms with Gasteiger partial charge in [0.05, 0.1) is 28.3 Å². The van der Waals surface area contributed by atoms with Gasteiger partial charge in [-0.2, -0.15) is 5.26 Å². The molecule has 2 aliphatic rings. The number of pyridine rings is 1. The number of hydrogen-bond acceptors (Lipinski definition) is 10. The molecule has 0 saturated carbocycles. The minimum Gasteiger partial charge on any atom is -0.384 e. The van der Waals surface area contributed by atoms with Crippen LogP contribution in [0.5, 0.6) is 0 Å². The molecule has 0 spiro atoms. The zero-order valence-electron chi connectivity index (χ0n) is 22.1. The lowest BCUT2D eigenvalue weighted by Gasteiger charge is -2.42. The third-order valence-electron chi connectivity index (χ3n) is 6.70. The number of rotatable bonds is 6. The molecule has 1 aromatic carbocycles. The molecule has 5 rings (SSSR count). The zero-order chi connectivity index (χ0) is 28.6. The Labute approximate surface area is 245 Å². The normalized spacial score (nSPS) is 18.4. The molecule has 1 aliphatic carbocycles. The van der Waals surface area contributed by atoms with Gasteiger partial charge in [-0.3, -0.25) is 14.5 Å². The molecule has 40 heavy (non-hydrogen) atoms. The third kappa shape index (κ3) is 5.61. The van der Waals surface area contributed by atoms with E-state index in [4.69, 9.17) is 17.3 Å². The van der Waals surface area contributed by atoms with Gasteiger partial charge in [0.25, 0.3) is 0 Å². The van der Waals surface area contributed by atoms with Crippen LogP contribution < -0.4 is 16.0 Å². The Kier molecular flexibility index (Phi) is 7.68. The number of nitrogens with one attached hydrogen (secondary N) is 1. The summed E-state index contributed by atoms with van der Waals surface area (Å²) in [5.41, 5.74) is 9.93. The molecule has 204 valence electrons. The van der Waals surface area contributed by atoms with Gasteiger partial charge >= 0.3 is 0 Å². The van der Waals surface area contributed by atoms with E-state index in [1.54, 1.807) is 17.0 Å². The quantitative estimate of drug-likeness (QED) is 0.352. The lowest BCUT2D eigenvalue weighted by atomic mass is 9.68. The fourth-order valence-electron chi connectivity index (χ4n) is 4.93. The van der Waals surface area contributed by atoms with Crippen molar-refractivity contribution in [3.8, 4) is 6.07 Å². The number of aromatic nitrogens is 3. The van der Waals surface area contributed by atoms with E-state index in [0.29, 0.717) is 44.3 Å². The number of hydrogen-bond donors (Lipinski definition) is 2. The molecule has 0 bridgehead atoms. The Hall–Kier alpha value is -3.72. The second kappa shape index (κ2) is 11.0. The average molecular weight is 592 g/mol. The summed E-state index contributed by atoms with van der Waals surface area (Å²) in [7, 11) is 0. The summed E-state index contributed by atoms with van der Waals surface area (Å²) in [4.78, 5) is 31.8. The predicted molar refractivity (Wildman–Crippen MR) is 157 cm³/mol. The summed E-state index contributed by atoms with van der Waals surface area (Å²) in [6.45, 7) is 6.08. The van der Waals surface area contributed by atoms with Gasteiger partial charge in [0.1, 0.15) is 11.6 Å². The molecule has 0 saturated heterocycles. The first-order valence-electron chi connectivity index (χ1n) is 12.5. The third-order valence-corrected chi connectivity index (χ3v) is 8.97. The van der Waals surface area contributed by atoms with E-state index >= 15 is 0 Å².